The lowest BCUT2D eigenvalue weighted by molar-refractivity contribution is 0.0277. The number of para-hydroxylation sites is 1. The maximum atomic E-state index is 13.2. The van der Waals surface area contributed by atoms with Gasteiger partial charge >= 0.3 is 0 Å². The van der Waals surface area contributed by atoms with E-state index in [2.05, 4.69) is 37.5 Å². The third-order valence-electron chi connectivity index (χ3n) is 6.84. The van der Waals surface area contributed by atoms with Crippen molar-refractivity contribution in [3.63, 3.8) is 0 Å². The molecule has 2 aromatic carbocycles. The number of sulfonamides is 1. The maximum Gasteiger partial charge on any atom is 0.240 e. The Kier molecular flexibility index (Phi) is 6.01. The number of nitrogens with one attached hydrogen (secondary N) is 2. The van der Waals surface area contributed by atoms with Crippen molar-refractivity contribution in [1.82, 2.24) is 19.2 Å². The highest BCUT2D eigenvalue weighted by Gasteiger charge is 2.29. The lowest BCUT2D eigenvalue weighted by Gasteiger charge is -2.37. The molecule has 0 bridgehead atoms. The highest BCUT2D eigenvalue weighted by Crippen LogP contribution is 2.32. The van der Waals surface area contributed by atoms with Crippen molar-refractivity contribution >= 4 is 31.8 Å². The molecule has 0 aliphatic carbocycles. The SMILES string of the molecule is COC1CCN(C(CNS(=O)(=O)c2ccc3cc[nH]c3c2)c2cn(C)c3ccccc23)CC1. The number of rotatable bonds is 7. The van der Waals surface area contributed by atoms with Crippen molar-refractivity contribution < 1.29 is 13.2 Å². The third-order valence-corrected chi connectivity index (χ3v) is 8.26. The van der Waals surface area contributed by atoms with Crippen molar-refractivity contribution in [2.45, 2.75) is 29.9 Å². The first kappa shape index (κ1) is 22.2. The van der Waals surface area contributed by atoms with Crippen LogP contribution >= 0.6 is 0 Å². The Balaban J connectivity index is 1.45. The van der Waals surface area contributed by atoms with Crippen LogP contribution < -0.4 is 4.72 Å². The van der Waals surface area contributed by atoms with E-state index in [0.717, 1.165) is 53.3 Å². The zero-order valence-corrected chi connectivity index (χ0v) is 19.8. The summed E-state index contributed by atoms with van der Waals surface area (Å²) < 4.78 is 37.0. The lowest BCUT2D eigenvalue weighted by atomic mass is 10.00. The van der Waals surface area contributed by atoms with Crippen LogP contribution in [0.4, 0.5) is 0 Å². The van der Waals surface area contributed by atoms with Crippen LogP contribution in [0, 0.1) is 0 Å². The molecule has 1 fully saturated rings. The standard InChI is InChI=1S/C25H30N4O3S/c1-28-17-22(21-5-3-4-6-24(21)28)25(29-13-10-19(32-2)11-14-29)16-27-33(30,31)20-8-7-18-9-12-26-23(18)15-20/h3-9,12,15,17,19,25-27H,10-11,13-14,16H2,1-2H3. The fourth-order valence-electron chi connectivity index (χ4n) is 4.96. The van der Waals surface area contributed by atoms with Crippen LogP contribution in [-0.2, 0) is 21.8 Å². The number of aryl methyl sites for hydroxylation is 1. The number of hydrogen-bond donors (Lipinski definition) is 2. The number of likely N-dealkylation sites (tertiary alicyclic amines) is 1. The van der Waals surface area contributed by atoms with Gasteiger partial charge in [0.1, 0.15) is 0 Å². The normalized spacial score (nSPS) is 17.2. The molecule has 0 saturated carbocycles. The van der Waals surface area contributed by atoms with Gasteiger partial charge in [-0.2, -0.15) is 0 Å². The summed E-state index contributed by atoms with van der Waals surface area (Å²) in [7, 11) is 0.138. The Hall–Kier alpha value is -2.65. The molecular weight excluding hydrogens is 436 g/mol. The number of H-pyrrole nitrogens is 1. The van der Waals surface area contributed by atoms with Crippen LogP contribution in [0.2, 0.25) is 0 Å². The summed E-state index contributed by atoms with van der Waals surface area (Å²) >= 11 is 0. The zero-order chi connectivity index (χ0) is 23.0. The number of nitrogens with zero attached hydrogens (tertiary/aromatic N) is 2. The maximum absolute atomic E-state index is 13.2. The number of aromatic amines is 1. The quantitative estimate of drug-likeness (QED) is 0.434. The second-order valence-electron chi connectivity index (χ2n) is 8.78. The number of aromatic nitrogens is 2. The molecule has 2 aromatic heterocycles. The summed E-state index contributed by atoms with van der Waals surface area (Å²) in [5.41, 5.74) is 3.10. The summed E-state index contributed by atoms with van der Waals surface area (Å²) in [6.07, 6.45) is 6.09. The van der Waals surface area contributed by atoms with Crippen molar-refractivity contribution in [1.29, 1.82) is 0 Å². The summed E-state index contributed by atoms with van der Waals surface area (Å²) in [4.78, 5) is 5.75. The first-order valence-corrected chi connectivity index (χ1v) is 12.8. The Morgan fingerprint density at radius 1 is 1.15 bits per heavy atom. The molecule has 1 unspecified atom stereocenters. The molecule has 0 amide bonds. The van der Waals surface area contributed by atoms with Gasteiger partial charge in [0.15, 0.2) is 0 Å². The van der Waals surface area contributed by atoms with E-state index in [1.807, 2.05) is 37.5 Å². The minimum Gasteiger partial charge on any atom is -0.381 e. The van der Waals surface area contributed by atoms with Gasteiger partial charge in [-0.25, -0.2) is 13.1 Å². The van der Waals surface area contributed by atoms with Gasteiger partial charge in [-0.15, -0.1) is 0 Å². The zero-order valence-electron chi connectivity index (χ0n) is 19.0. The molecule has 1 atom stereocenters. The average Bonchev–Trinajstić information content (AvgIpc) is 3.44. The smallest absolute Gasteiger partial charge is 0.240 e. The largest absolute Gasteiger partial charge is 0.381 e. The molecule has 3 heterocycles. The molecule has 8 heteroatoms. The Morgan fingerprint density at radius 3 is 2.73 bits per heavy atom. The number of benzene rings is 2. The summed E-state index contributed by atoms with van der Waals surface area (Å²) in [6.45, 7) is 2.03. The van der Waals surface area contributed by atoms with Crippen LogP contribution in [0.1, 0.15) is 24.4 Å². The predicted octanol–water partition coefficient (Wildman–Crippen LogP) is 3.79. The molecule has 174 valence electrons. The molecule has 0 radical (unpaired) electrons. The first-order valence-electron chi connectivity index (χ1n) is 11.3. The minimum absolute atomic E-state index is 0.0714. The third kappa shape index (κ3) is 4.31. The number of piperidine rings is 1. The second-order valence-corrected chi connectivity index (χ2v) is 10.5. The van der Waals surface area contributed by atoms with Gasteiger partial charge in [0.25, 0.3) is 0 Å². The minimum atomic E-state index is -3.66. The van der Waals surface area contributed by atoms with Crippen LogP contribution in [-0.4, -0.2) is 55.7 Å². The fourth-order valence-corrected chi connectivity index (χ4v) is 6.03. The molecule has 1 aliphatic heterocycles. The predicted molar refractivity (Wildman–Crippen MR) is 131 cm³/mol. The number of fused-ring (bicyclic) bond motifs is 2. The van der Waals surface area contributed by atoms with E-state index in [0.29, 0.717) is 6.54 Å². The van der Waals surface area contributed by atoms with Crippen LogP contribution in [0.15, 0.2) is 65.8 Å². The lowest BCUT2D eigenvalue weighted by Crippen LogP contribution is -2.43. The van der Waals surface area contributed by atoms with Crippen LogP contribution in [0.25, 0.3) is 21.8 Å². The summed E-state index contributed by atoms with van der Waals surface area (Å²) in [6, 6.07) is 15.3. The van der Waals surface area contributed by atoms with E-state index in [1.165, 1.54) is 0 Å². The average molecular weight is 467 g/mol. The topological polar surface area (TPSA) is 79.4 Å². The molecule has 1 saturated heterocycles. The number of ether oxygens (including phenoxy) is 1. The molecule has 2 N–H and O–H groups in total. The highest BCUT2D eigenvalue weighted by atomic mass is 32.2. The molecule has 7 nitrogen and oxygen atoms in total. The monoisotopic (exact) mass is 466 g/mol. The van der Waals surface area contributed by atoms with Crippen molar-refractivity contribution in [3.8, 4) is 0 Å². The van der Waals surface area contributed by atoms with Gasteiger partial charge in [0.05, 0.1) is 17.0 Å². The van der Waals surface area contributed by atoms with Crippen molar-refractivity contribution in [3.05, 3.63) is 66.5 Å². The van der Waals surface area contributed by atoms with Crippen LogP contribution in [0.5, 0.6) is 0 Å². The first-order chi connectivity index (χ1) is 16.0. The van der Waals surface area contributed by atoms with E-state index >= 15 is 0 Å². The molecule has 4 aromatic rings. The van der Waals surface area contributed by atoms with Crippen LogP contribution in [0.3, 0.4) is 0 Å². The summed E-state index contributed by atoms with van der Waals surface area (Å²) in [5.74, 6) is 0. The fraction of sp³-hybridized carbons (Fsp3) is 0.360. The van der Waals surface area contributed by atoms with Gasteiger partial charge in [-0.1, -0.05) is 24.3 Å². The molecular formula is C25H30N4O3S. The molecule has 0 spiro atoms. The second kappa shape index (κ2) is 8.95. The number of hydrogen-bond acceptors (Lipinski definition) is 4. The highest BCUT2D eigenvalue weighted by molar-refractivity contribution is 7.89. The van der Waals surface area contributed by atoms with Gasteiger partial charge in [0.2, 0.25) is 10.0 Å². The van der Waals surface area contributed by atoms with Gasteiger partial charge < -0.3 is 14.3 Å². The number of methoxy groups -OCH3 is 1. The summed E-state index contributed by atoms with van der Waals surface area (Å²) in [5, 5.41) is 2.15. The van der Waals surface area contributed by atoms with Crippen molar-refractivity contribution in [2.24, 2.45) is 7.05 Å². The Bertz CT molecular complexity index is 1370. The van der Waals surface area contributed by atoms with E-state index in [9.17, 15) is 8.42 Å². The Labute approximate surface area is 194 Å². The van der Waals surface area contributed by atoms with E-state index in [4.69, 9.17) is 4.74 Å². The van der Waals surface area contributed by atoms with E-state index in [-0.39, 0.29) is 17.0 Å². The molecule has 5 rings (SSSR count). The molecule has 33 heavy (non-hydrogen) atoms. The van der Waals surface area contributed by atoms with Crippen molar-refractivity contribution in [2.75, 3.05) is 26.7 Å². The molecule has 1 aliphatic rings. The van der Waals surface area contributed by atoms with E-state index < -0.39 is 10.0 Å². The Morgan fingerprint density at radius 2 is 1.94 bits per heavy atom. The van der Waals surface area contributed by atoms with E-state index in [1.54, 1.807) is 19.2 Å². The van der Waals surface area contributed by atoms with Gasteiger partial charge in [0, 0.05) is 62.6 Å². The van der Waals surface area contributed by atoms with Gasteiger partial charge in [-0.05, 0) is 48.1 Å². The van der Waals surface area contributed by atoms with Gasteiger partial charge in [-0.3, -0.25) is 4.90 Å².